The van der Waals surface area contributed by atoms with Crippen LogP contribution in [0, 0.1) is 0 Å². The number of fused-ring (bicyclic) bond motifs is 1. The predicted molar refractivity (Wildman–Crippen MR) is 105 cm³/mol. The predicted octanol–water partition coefficient (Wildman–Crippen LogP) is 0.691. The smallest absolute Gasteiger partial charge is 0.254 e. The molecule has 1 aromatic rings. The SMILES string of the molecule is C/C=C(\C=C/NC)C(CN1Cc2ccc(OC)cc2C1=O)(NC(C)=O)C(N)=O. The zero-order valence-corrected chi connectivity index (χ0v) is 16.5. The van der Waals surface area contributed by atoms with Gasteiger partial charge in [-0.25, -0.2) is 0 Å². The number of carbonyl (C=O) groups excluding carboxylic acids is 3. The van der Waals surface area contributed by atoms with Gasteiger partial charge in [0, 0.05) is 26.1 Å². The van der Waals surface area contributed by atoms with Crippen LogP contribution < -0.4 is 21.1 Å². The highest BCUT2D eigenvalue weighted by atomic mass is 16.5. The largest absolute Gasteiger partial charge is 0.497 e. The second kappa shape index (κ2) is 8.60. The Morgan fingerprint density at radius 3 is 2.64 bits per heavy atom. The molecule has 0 radical (unpaired) electrons. The van der Waals surface area contributed by atoms with Crippen molar-refractivity contribution >= 4 is 17.7 Å². The van der Waals surface area contributed by atoms with Crippen LogP contribution in [-0.2, 0) is 16.1 Å². The highest BCUT2D eigenvalue weighted by molar-refractivity contribution is 6.00. The fourth-order valence-electron chi connectivity index (χ4n) is 3.32. The number of ether oxygens (including phenoxy) is 1. The molecule has 1 heterocycles. The van der Waals surface area contributed by atoms with E-state index in [1.807, 2.05) is 6.07 Å². The van der Waals surface area contributed by atoms with Crippen LogP contribution in [0.25, 0.3) is 0 Å². The standard InChI is InChI=1S/C20H26N4O4/c1-5-15(8-9-22-3)20(19(21)27,23-13(2)25)12-24-11-14-6-7-16(28-4)10-17(14)18(24)26/h5-10,22H,11-12H2,1-4H3,(H2,21,27)(H,23,25)/b9-8-,15-5+. The van der Waals surface area contributed by atoms with E-state index in [0.29, 0.717) is 23.4 Å². The molecule has 0 aliphatic carbocycles. The van der Waals surface area contributed by atoms with Gasteiger partial charge in [-0.05, 0) is 42.5 Å². The molecular formula is C20H26N4O4. The van der Waals surface area contributed by atoms with Crippen molar-refractivity contribution in [3.05, 3.63) is 53.3 Å². The van der Waals surface area contributed by atoms with Gasteiger partial charge in [0.25, 0.3) is 5.91 Å². The Bertz CT molecular complexity index is 847. The Morgan fingerprint density at radius 1 is 1.39 bits per heavy atom. The number of rotatable bonds is 8. The molecule has 0 saturated heterocycles. The summed E-state index contributed by atoms with van der Waals surface area (Å²) in [6.07, 6.45) is 4.96. The summed E-state index contributed by atoms with van der Waals surface area (Å²) < 4.78 is 5.19. The third kappa shape index (κ3) is 4.00. The van der Waals surface area contributed by atoms with Crippen molar-refractivity contribution in [2.24, 2.45) is 5.73 Å². The van der Waals surface area contributed by atoms with Gasteiger partial charge in [0.15, 0.2) is 5.54 Å². The van der Waals surface area contributed by atoms with Crippen molar-refractivity contribution in [1.82, 2.24) is 15.5 Å². The topological polar surface area (TPSA) is 114 Å². The number of nitrogens with one attached hydrogen (secondary N) is 2. The number of nitrogens with two attached hydrogens (primary N) is 1. The lowest BCUT2D eigenvalue weighted by Crippen LogP contribution is -2.63. The van der Waals surface area contributed by atoms with Crippen molar-refractivity contribution < 1.29 is 19.1 Å². The Hall–Kier alpha value is -3.29. The van der Waals surface area contributed by atoms with Crippen LogP contribution in [0.2, 0.25) is 0 Å². The molecule has 1 unspecified atom stereocenters. The highest BCUT2D eigenvalue weighted by Crippen LogP contribution is 2.30. The van der Waals surface area contributed by atoms with Crippen LogP contribution in [0.4, 0.5) is 0 Å². The number of benzene rings is 1. The Kier molecular flexibility index (Phi) is 6.45. The lowest BCUT2D eigenvalue weighted by Gasteiger charge is -2.36. The van der Waals surface area contributed by atoms with Gasteiger partial charge in [-0.2, -0.15) is 0 Å². The fraction of sp³-hybridized carbons (Fsp3) is 0.350. The maximum atomic E-state index is 12.9. The van der Waals surface area contributed by atoms with E-state index in [1.54, 1.807) is 44.5 Å². The van der Waals surface area contributed by atoms with Crippen LogP contribution in [-0.4, -0.2) is 48.9 Å². The minimum atomic E-state index is -1.56. The first kappa shape index (κ1) is 21.0. The van der Waals surface area contributed by atoms with Gasteiger partial charge < -0.3 is 26.0 Å². The molecule has 0 aromatic heterocycles. The summed E-state index contributed by atoms with van der Waals surface area (Å²) in [5, 5.41) is 5.52. The van der Waals surface area contributed by atoms with Crippen molar-refractivity contribution in [1.29, 1.82) is 0 Å². The number of hydrogen-bond acceptors (Lipinski definition) is 5. The quantitative estimate of drug-likeness (QED) is 0.569. The van der Waals surface area contributed by atoms with E-state index in [0.717, 1.165) is 5.56 Å². The Morgan fingerprint density at radius 2 is 2.11 bits per heavy atom. The maximum Gasteiger partial charge on any atom is 0.254 e. The molecule has 0 saturated carbocycles. The molecule has 4 N–H and O–H groups in total. The number of nitrogens with zero attached hydrogens (tertiary/aromatic N) is 1. The molecule has 1 atom stereocenters. The third-order valence-corrected chi connectivity index (χ3v) is 4.67. The Labute approximate surface area is 164 Å². The van der Waals surface area contributed by atoms with Crippen molar-refractivity contribution in [2.75, 3.05) is 20.7 Å². The number of hydrogen-bond donors (Lipinski definition) is 3. The molecule has 28 heavy (non-hydrogen) atoms. The first-order chi connectivity index (χ1) is 13.3. The summed E-state index contributed by atoms with van der Waals surface area (Å²) in [5.74, 6) is -0.860. The van der Waals surface area contributed by atoms with E-state index in [-0.39, 0.29) is 12.5 Å². The number of methoxy groups -OCH3 is 1. The van der Waals surface area contributed by atoms with Crippen LogP contribution in [0.1, 0.15) is 29.8 Å². The minimum absolute atomic E-state index is 0.0918. The summed E-state index contributed by atoms with van der Waals surface area (Å²) in [6.45, 7) is 3.25. The van der Waals surface area contributed by atoms with Crippen molar-refractivity contribution in [2.45, 2.75) is 25.9 Å². The molecule has 3 amide bonds. The average Bonchev–Trinajstić information content (AvgIpc) is 2.96. The maximum absolute atomic E-state index is 12.9. The lowest BCUT2D eigenvalue weighted by molar-refractivity contribution is -0.129. The Balaban J connectivity index is 2.45. The molecule has 0 spiro atoms. The van der Waals surface area contributed by atoms with Gasteiger partial charge in [-0.1, -0.05) is 12.1 Å². The van der Waals surface area contributed by atoms with Crippen LogP contribution in [0.5, 0.6) is 5.75 Å². The molecule has 0 bridgehead atoms. The van der Waals surface area contributed by atoms with E-state index in [2.05, 4.69) is 10.6 Å². The van der Waals surface area contributed by atoms with E-state index in [9.17, 15) is 14.4 Å². The summed E-state index contributed by atoms with van der Waals surface area (Å²) in [4.78, 5) is 38.9. The number of carbonyl (C=O) groups is 3. The fourth-order valence-corrected chi connectivity index (χ4v) is 3.32. The summed E-state index contributed by atoms with van der Waals surface area (Å²) in [6, 6.07) is 5.26. The summed E-state index contributed by atoms with van der Waals surface area (Å²) in [5.41, 5.74) is 5.98. The zero-order valence-electron chi connectivity index (χ0n) is 16.5. The van der Waals surface area contributed by atoms with E-state index < -0.39 is 17.4 Å². The molecule has 2 rings (SSSR count). The number of primary amides is 1. The molecule has 0 fully saturated rings. The summed E-state index contributed by atoms with van der Waals surface area (Å²) in [7, 11) is 3.24. The molecule has 8 heteroatoms. The number of amides is 3. The normalized spacial score (nSPS) is 15.9. The van der Waals surface area contributed by atoms with Crippen LogP contribution in [0.15, 0.2) is 42.1 Å². The van der Waals surface area contributed by atoms with Crippen LogP contribution in [0.3, 0.4) is 0 Å². The van der Waals surface area contributed by atoms with Gasteiger partial charge in [0.05, 0.1) is 13.7 Å². The van der Waals surface area contributed by atoms with Gasteiger partial charge in [-0.15, -0.1) is 0 Å². The minimum Gasteiger partial charge on any atom is -0.497 e. The van der Waals surface area contributed by atoms with Crippen LogP contribution >= 0.6 is 0 Å². The molecule has 1 aromatic carbocycles. The summed E-state index contributed by atoms with van der Waals surface area (Å²) >= 11 is 0. The number of allylic oxidation sites excluding steroid dienone is 1. The zero-order chi connectivity index (χ0) is 20.9. The van der Waals surface area contributed by atoms with E-state index in [4.69, 9.17) is 10.5 Å². The molecule has 1 aliphatic heterocycles. The average molecular weight is 386 g/mol. The van der Waals surface area contributed by atoms with E-state index in [1.165, 1.54) is 18.9 Å². The molecule has 8 nitrogen and oxygen atoms in total. The lowest BCUT2D eigenvalue weighted by atomic mass is 9.87. The first-order valence-corrected chi connectivity index (χ1v) is 8.84. The third-order valence-electron chi connectivity index (χ3n) is 4.67. The molecule has 1 aliphatic rings. The van der Waals surface area contributed by atoms with Gasteiger partial charge in [0.2, 0.25) is 11.8 Å². The second-order valence-electron chi connectivity index (χ2n) is 6.50. The first-order valence-electron chi connectivity index (χ1n) is 8.84. The van der Waals surface area contributed by atoms with Crippen molar-refractivity contribution in [3.8, 4) is 5.75 Å². The van der Waals surface area contributed by atoms with E-state index >= 15 is 0 Å². The second-order valence-corrected chi connectivity index (χ2v) is 6.50. The van der Waals surface area contributed by atoms with Gasteiger partial charge in [-0.3, -0.25) is 14.4 Å². The van der Waals surface area contributed by atoms with Gasteiger partial charge >= 0.3 is 0 Å². The highest BCUT2D eigenvalue weighted by Gasteiger charge is 2.44. The monoisotopic (exact) mass is 386 g/mol. The molecule has 150 valence electrons. The molecular weight excluding hydrogens is 360 g/mol. The van der Waals surface area contributed by atoms with Gasteiger partial charge in [0.1, 0.15) is 5.75 Å². The van der Waals surface area contributed by atoms with Crippen molar-refractivity contribution in [3.63, 3.8) is 0 Å².